The first kappa shape index (κ1) is 12.1. The molecule has 0 aliphatic heterocycles. The minimum atomic E-state index is 0.0165. The third-order valence-electron chi connectivity index (χ3n) is 4.78. The molecule has 1 aromatic rings. The van der Waals surface area contributed by atoms with E-state index in [9.17, 15) is 5.11 Å². The van der Waals surface area contributed by atoms with Crippen molar-refractivity contribution in [3.8, 4) is 0 Å². The summed E-state index contributed by atoms with van der Waals surface area (Å²) in [4.78, 5) is 2.22. The lowest BCUT2D eigenvalue weighted by atomic mass is 9.85. The quantitative estimate of drug-likeness (QED) is 0.848. The lowest BCUT2D eigenvalue weighted by molar-refractivity contribution is 0.120. The van der Waals surface area contributed by atoms with Gasteiger partial charge in [0, 0.05) is 18.5 Å². The molecule has 100 valence electrons. The summed E-state index contributed by atoms with van der Waals surface area (Å²) in [6, 6.07) is 0. The second-order valence-electron chi connectivity index (χ2n) is 5.90. The Kier molecular flexibility index (Phi) is 2.90. The fourth-order valence-electron chi connectivity index (χ4n) is 2.72. The fourth-order valence-corrected chi connectivity index (χ4v) is 2.72. The van der Waals surface area contributed by atoms with Gasteiger partial charge in [0.1, 0.15) is 11.6 Å². The molecule has 0 saturated heterocycles. The van der Waals surface area contributed by atoms with Gasteiger partial charge >= 0.3 is 0 Å². The van der Waals surface area contributed by atoms with Gasteiger partial charge in [-0.25, -0.2) is 0 Å². The van der Waals surface area contributed by atoms with Crippen LogP contribution in [0.1, 0.15) is 49.7 Å². The van der Waals surface area contributed by atoms with Gasteiger partial charge in [-0.2, -0.15) is 0 Å². The summed E-state index contributed by atoms with van der Waals surface area (Å²) >= 11 is 0. The predicted molar refractivity (Wildman–Crippen MR) is 68.1 cm³/mol. The molecule has 2 saturated carbocycles. The highest BCUT2D eigenvalue weighted by molar-refractivity contribution is 5.07. The van der Waals surface area contributed by atoms with Gasteiger partial charge in [0.15, 0.2) is 0 Å². The molecule has 0 unspecified atom stereocenters. The van der Waals surface area contributed by atoms with E-state index >= 15 is 0 Å². The van der Waals surface area contributed by atoms with Crippen LogP contribution in [-0.2, 0) is 13.6 Å². The van der Waals surface area contributed by atoms with Crippen molar-refractivity contribution >= 4 is 0 Å². The van der Waals surface area contributed by atoms with Crippen molar-refractivity contribution < 1.29 is 5.11 Å². The number of aliphatic hydroxyl groups is 1. The largest absolute Gasteiger partial charge is 0.394 e. The molecular weight excluding hydrogens is 228 g/mol. The Morgan fingerprint density at radius 3 is 2.61 bits per heavy atom. The standard InChI is InChI=1S/C13H22N4O/c1-16(13(9-18)6-7-13)8-11-14-15-12(17(11)2)10-4-3-5-10/h10,18H,3-9H2,1-2H3. The minimum Gasteiger partial charge on any atom is -0.394 e. The Labute approximate surface area is 108 Å². The van der Waals surface area contributed by atoms with Crippen LogP contribution in [0.15, 0.2) is 0 Å². The van der Waals surface area contributed by atoms with Crippen LogP contribution in [-0.4, -0.2) is 44.0 Å². The van der Waals surface area contributed by atoms with Crippen molar-refractivity contribution in [2.24, 2.45) is 7.05 Å². The van der Waals surface area contributed by atoms with E-state index in [-0.39, 0.29) is 12.1 Å². The summed E-state index contributed by atoms with van der Waals surface area (Å²) < 4.78 is 2.15. The number of aromatic nitrogens is 3. The van der Waals surface area contributed by atoms with Crippen molar-refractivity contribution in [3.05, 3.63) is 11.6 Å². The highest BCUT2D eigenvalue weighted by Crippen LogP contribution is 2.41. The first-order chi connectivity index (χ1) is 8.66. The molecule has 0 amide bonds. The van der Waals surface area contributed by atoms with Gasteiger partial charge in [0.05, 0.1) is 13.2 Å². The third kappa shape index (κ3) is 1.86. The van der Waals surface area contributed by atoms with Crippen LogP contribution >= 0.6 is 0 Å². The number of nitrogens with zero attached hydrogens (tertiary/aromatic N) is 4. The minimum absolute atomic E-state index is 0.0165. The monoisotopic (exact) mass is 250 g/mol. The van der Waals surface area contributed by atoms with E-state index in [1.165, 1.54) is 19.3 Å². The molecule has 0 bridgehead atoms. The summed E-state index contributed by atoms with van der Waals surface area (Å²) in [7, 11) is 4.14. The van der Waals surface area contributed by atoms with Gasteiger partial charge in [-0.3, -0.25) is 4.90 Å². The Bertz CT molecular complexity index is 434. The van der Waals surface area contributed by atoms with E-state index in [4.69, 9.17) is 0 Å². The Hall–Kier alpha value is -0.940. The summed E-state index contributed by atoms with van der Waals surface area (Å²) in [5.41, 5.74) is 0.0165. The van der Waals surface area contributed by atoms with Gasteiger partial charge < -0.3 is 9.67 Å². The molecule has 3 rings (SSSR count). The Morgan fingerprint density at radius 2 is 2.11 bits per heavy atom. The van der Waals surface area contributed by atoms with Crippen LogP contribution in [0.3, 0.4) is 0 Å². The zero-order valence-electron chi connectivity index (χ0n) is 11.3. The highest BCUT2D eigenvalue weighted by Gasteiger charge is 2.46. The topological polar surface area (TPSA) is 54.2 Å². The first-order valence-electron chi connectivity index (χ1n) is 6.86. The van der Waals surface area contributed by atoms with Crippen molar-refractivity contribution in [1.29, 1.82) is 0 Å². The lowest BCUT2D eigenvalue weighted by Crippen LogP contribution is -2.37. The number of hydrogen-bond donors (Lipinski definition) is 1. The van der Waals surface area contributed by atoms with E-state index in [1.54, 1.807) is 0 Å². The van der Waals surface area contributed by atoms with Crippen LogP contribution in [0, 0.1) is 0 Å². The van der Waals surface area contributed by atoms with E-state index in [0.29, 0.717) is 5.92 Å². The zero-order chi connectivity index (χ0) is 12.8. The zero-order valence-corrected chi connectivity index (χ0v) is 11.3. The normalized spacial score (nSPS) is 22.2. The maximum Gasteiger partial charge on any atom is 0.146 e. The van der Waals surface area contributed by atoms with Gasteiger partial charge in [0.2, 0.25) is 0 Å². The van der Waals surface area contributed by atoms with E-state index in [1.807, 2.05) is 0 Å². The van der Waals surface area contributed by atoms with E-state index < -0.39 is 0 Å². The Balaban J connectivity index is 1.71. The average Bonchev–Trinajstić information content (AvgIpc) is 3.03. The van der Waals surface area contributed by atoms with E-state index in [2.05, 4.69) is 33.8 Å². The molecule has 0 spiro atoms. The van der Waals surface area contributed by atoms with Gasteiger partial charge in [-0.05, 0) is 32.7 Å². The van der Waals surface area contributed by atoms with E-state index in [0.717, 1.165) is 31.0 Å². The SMILES string of the molecule is CN(Cc1nnc(C2CCC2)n1C)C1(CO)CC1. The number of hydrogen-bond acceptors (Lipinski definition) is 4. The lowest BCUT2D eigenvalue weighted by Gasteiger charge is -2.26. The molecular formula is C13H22N4O. The van der Waals surface area contributed by atoms with Crippen LogP contribution in [0.25, 0.3) is 0 Å². The van der Waals surface area contributed by atoms with Crippen molar-refractivity contribution in [2.75, 3.05) is 13.7 Å². The molecule has 5 heteroatoms. The van der Waals surface area contributed by atoms with Crippen LogP contribution in [0.2, 0.25) is 0 Å². The van der Waals surface area contributed by atoms with Crippen molar-refractivity contribution in [3.63, 3.8) is 0 Å². The van der Waals surface area contributed by atoms with Crippen LogP contribution in [0.5, 0.6) is 0 Å². The smallest absolute Gasteiger partial charge is 0.146 e. The third-order valence-corrected chi connectivity index (χ3v) is 4.78. The van der Waals surface area contributed by atoms with Crippen LogP contribution < -0.4 is 0 Å². The first-order valence-corrected chi connectivity index (χ1v) is 6.86. The molecule has 0 atom stereocenters. The molecule has 2 fully saturated rings. The Morgan fingerprint density at radius 1 is 1.39 bits per heavy atom. The number of likely N-dealkylation sites (N-methyl/N-ethyl adjacent to an activating group) is 1. The predicted octanol–water partition coefficient (Wildman–Crippen LogP) is 1.04. The summed E-state index contributed by atoms with van der Waals surface area (Å²) in [5.74, 6) is 2.77. The van der Waals surface area contributed by atoms with Crippen molar-refractivity contribution in [2.45, 2.75) is 50.1 Å². The molecule has 18 heavy (non-hydrogen) atoms. The second kappa shape index (κ2) is 4.31. The summed E-state index contributed by atoms with van der Waals surface area (Å²) in [6.07, 6.45) is 6.01. The van der Waals surface area contributed by atoms with Gasteiger partial charge in [0.25, 0.3) is 0 Å². The molecule has 1 heterocycles. The molecule has 0 radical (unpaired) electrons. The van der Waals surface area contributed by atoms with Crippen LogP contribution in [0.4, 0.5) is 0 Å². The molecule has 1 N–H and O–H groups in total. The van der Waals surface area contributed by atoms with Gasteiger partial charge in [-0.15, -0.1) is 10.2 Å². The number of rotatable bonds is 5. The maximum absolute atomic E-state index is 9.43. The molecule has 1 aromatic heterocycles. The summed E-state index contributed by atoms with van der Waals surface area (Å²) in [5, 5.41) is 18.1. The molecule has 2 aliphatic rings. The molecule has 5 nitrogen and oxygen atoms in total. The van der Waals surface area contributed by atoms with Gasteiger partial charge in [-0.1, -0.05) is 6.42 Å². The maximum atomic E-state index is 9.43. The summed E-state index contributed by atoms with van der Waals surface area (Å²) in [6.45, 7) is 1.02. The average molecular weight is 250 g/mol. The van der Waals surface area contributed by atoms with Crippen molar-refractivity contribution in [1.82, 2.24) is 19.7 Å². The molecule has 0 aromatic carbocycles. The fraction of sp³-hybridized carbons (Fsp3) is 0.846. The number of aliphatic hydroxyl groups excluding tert-OH is 1. The molecule has 2 aliphatic carbocycles. The highest BCUT2D eigenvalue weighted by atomic mass is 16.3. The second-order valence-corrected chi connectivity index (χ2v) is 5.90.